The summed E-state index contributed by atoms with van der Waals surface area (Å²) >= 11 is 0. The van der Waals surface area contributed by atoms with Crippen molar-refractivity contribution in [1.29, 1.82) is 0 Å². The summed E-state index contributed by atoms with van der Waals surface area (Å²) in [4.78, 5) is 0. The molecule has 1 aromatic rings. The molecule has 2 N–H and O–H groups in total. The van der Waals surface area contributed by atoms with Gasteiger partial charge in [-0.3, -0.25) is 0 Å². The number of aryl methyl sites for hydroxylation is 2. The maximum atomic E-state index is 10.3. The van der Waals surface area contributed by atoms with Crippen LogP contribution >= 0.6 is 0 Å². The standard InChI is InChI=1S/C17H25NO/c19-17(12-18-16-7-2-1-3-8-16)15-10-9-13-5-4-6-14(13)11-15/h9-11,16-19H,1-8,12H2. The third-order valence-electron chi connectivity index (χ3n) is 4.71. The monoisotopic (exact) mass is 259 g/mol. The van der Waals surface area contributed by atoms with E-state index in [9.17, 15) is 5.11 Å². The van der Waals surface area contributed by atoms with Crippen molar-refractivity contribution in [2.45, 2.75) is 63.5 Å². The zero-order valence-electron chi connectivity index (χ0n) is 11.7. The highest BCUT2D eigenvalue weighted by Crippen LogP contribution is 2.25. The van der Waals surface area contributed by atoms with Crippen LogP contribution in [0.4, 0.5) is 0 Å². The molecular formula is C17H25NO. The number of aliphatic hydroxyl groups excluding tert-OH is 1. The fourth-order valence-electron chi connectivity index (χ4n) is 3.50. The van der Waals surface area contributed by atoms with E-state index in [1.54, 1.807) is 0 Å². The van der Waals surface area contributed by atoms with Crippen molar-refractivity contribution in [1.82, 2.24) is 5.32 Å². The van der Waals surface area contributed by atoms with Crippen LogP contribution in [0.15, 0.2) is 18.2 Å². The van der Waals surface area contributed by atoms with Crippen molar-refractivity contribution < 1.29 is 5.11 Å². The zero-order chi connectivity index (χ0) is 13.1. The molecule has 0 amide bonds. The van der Waals surface area contributed by atoms with Gasteiger partial charge in [-0.15, -0.1) is 0 Å². The van der Waals surface area contributed by atoms with E-state index < -0.39 is 0 Å². The summed E-state index contributed by atoms with van der Waals surface area (Å²) in [6, 6.07) is 7.16. The second-order valence-electron chi connectivity index (χ2n) is 6.14. The van der Waals surface area contributed by atoms with Crippen molar-refractivity contribution in [2.75, 3.05) is 6.54 Å². The van der Waals surface area contributed by atoms with Gasteiger partial charge in [0, 0.05) is 12.6 Å². The summed E-state index contributed by atoms with van der Waals surface area (Å²) in [7, 11) is 0. The number of fused-ring (bicyclic) bond motifs is 1. The fraction of sp³-hybridized carbons (Fsp3) is 0.647. The Balaban J connectivity index is 1.56. The molecule has 1 aromatic carbocycles. The maximum Gasteiger partial charge on any atom is 0.0914 e. The molecule has 2 aliphatic carbocycles. The Morgan fingerprint density at radius 3 is 2.68 bits per heavy atom. The quantitative estimate of drug-likeness (QED) is 0.870. The van der Waals surface area contributed by atoms with E-state index in [1.807, 2.05) is 0 Å². The van der Waals surface area contributed by atoms with Gasteiger partial charge >= 0.3 is 0 Å². The van der Waals surface area contributed by atoms with Crippen molar-refractivity contribution in [3.05, 3.63) is 34.9 Å². The Morgan fingerprint density at radius 2 is 1.84 bits per heavy atom. The van der Waals surface area contributed by atoms with Crippen LogP contribution in [0.1, 0.15) is 61.3 Å². The molecule has 0 radical (unpaired) electrons. The first kappa shape index (κ1) is 13.1. The molecule has 0 aliphatic heterocycles. The second-order valence-corrected chi connectivity index (χ2v) is 6.14. The maximum absolute atomic E-state index is 10.3. The van der Waals surface area contributed by atoms with Crippen LogP contribution in [0.3, 0.4) is 0 Å². The topological polar surface area (TPSA) is 32.3 Å². The van der Waals surface area contributed by atoms with Crippen LogP contribution in [0, 0.1) is 0 Å². The van der Waals surface area contributed by atoms with Crippen molar-refractivity contribution in [3.63, 3.8) is 0 Å². The predicted molar refractivity (Wildman–Crippen MR) is 78.3 cm³/mol. The predicted octanol–water partition coefficient (Wildman–Crippen LogP) is 3.13. The van der Waals surface area contributed by atoms with Crippen LogP contribution in [0.25, 0.3) is 0 Å². The number of benzene rings is 1. The lowest BCUT2D eigenvalue weighted by Crippen LogP contribution is -2.34. The average Bonchev–Trinajstić information content (AvgIpc) is 2.93. The minimum absolute atomic E-state index is 0.354. The molecule has 1 atom stereocenters. The number of hydrogen-bond donors (Lipinski definition) is 2. The largest absolute Gasteiger partial charge is 0.387 e. The summed E-state index contributed by atoms with van der Waals surface area (Å²) in [6.07, 6.45) is 9.93. The van der Waals surface area contributed by atoms with E-state index in [1.165, 1.54) is 62.5 Å². The van der Waals surface area contributed by atoms with E-state index in [-0.39, 0.29) is 6.10 Å². The molecule has 3 rings (SSSR count). The van der Waals surface area contributed by atoms with Crippen molar-refractivity contribution >= 4 is 0 Å². The summed E-state index contributed by atoms with van der Waals surface area (Å²) in [5.41, 5.74) is 4.02. The lowest BCUT2D eigenvalue weighted by Gasteiger charge is -2.24. The minimum Gasteiger partial charge on any atom is -0.387 e. The van der Waals surface area contributed by atoms with Crippen molar-refractivity contribution in [2.24, 2.45) is 0 Å². The summed E-state index contributed by atoms with van der Waals surface area (Å²) in [6.45, 7) is 0.698. The molecule has 2 nitrogen and oxygen atoms in total. The Kier molecular flexibility index (Phi) is 4.19. The molecule has 1 fully saturated rings. The highest BCUT2D eigenvalue weighted by atomic mass is 16.3. The van der Waals surface area contributed by atoms with Gasteiger partial charge in [-0.25, -0.2) is 0 Å². The van der Waals surface area contributed by atoms with E-state index in [0.29, 0.717) is 12.6 Å². The summed E-state index contributed by atoms with van der Waals surface area (Å²) in [5, 5.41) is 13.9. The van der Waals surface area contributed by atoms with Gasteiger partial charge < -0.3 is 10.4 Å². The molecule has 0 spiro atoms. The smallest absolute Gasteiger partial charge is 0.0914 e. The molecule has 2 aliphatic rings. The van der Waals surface area contributed by atoms with E-state index in [2.05, 4.69) is 23.5 Å². The third kappa shape index (κ3) is 3.18. The first-order chi connectivity index (χ1) is 9.33. The van der Waals surface area contributed by atoms with Gasteiger partial charge in [0.05, 0.1) is 6.10 Å². The minimum atomic E-state index is -0.354. The average molecular weight is 259 g/mol. The molecule has 1 unspecified atom stereocenters. The van der Waals surface area contributed by atoms with Gasteiger partial charge in [0.2, 0.25) is 0 Å². The molecule has 0 bridgehead atoms. The highest BCUT2D eigenvalue weighted by Gasteiger charge is 2.17. The first-order valence-electron chi connectivity index (χ1n) is 7.86. The summed E-state index contributed by atoms with van der Waals surface area (Å²) in [5.74, 6) is 0. The van der Waals surface area contributed by atoms with Gasteiger partial charge in [0.1, 0.15) is 0 Å². The second kappa shape index (κ2) is 6.06. The Morgan fingerprint density at radius 1 is 1.05 bits per heavy atom. The Bertz CT molecular complexity index is 423. The first-order valence-corrected chi connectivity index (χ1v) is 7.86. The van der Waals surface area contributed by atoms with Gasteiger partial charge in [-0.05, 0) is 48.8 Å². The van der Waals surface area contributed by atoms with Crippen LogP contribution in [-0.4, -0.2) is 17.7 Å². The lowest BCUT2D eigenvalue weighted by molar-refractivity contribution is 0.165. The third-order valence-corrected chi connectivity index (χ3v) is 4.71. The Hall–Kier alpha value is -0.860. The van der Waals surface area contributed by atoms with Crippen LogP contribution in [-0.2, 0) is 12.8 Å². The molecule has 0 aromatic heterocycles. The zero-order valence-corrected chi connectivity index (χ0v) is 11.7. The van der Waals surface area contributed by atoms with E-state index >= 15 is 0 Å². The van der Waals surface area contributed by atoms with Crippen LogP contribution in [0.2, 0.25) is 0 Å². The molecule has 104 valence electrons. The molecule has 19 heavy (non-hydrogen) atoms. The molecule has 2 heteroatoms. The molecule has 0 saturated heterocycles. The van der Waals surface area contributed by atoms with Gasteiger partial charge in [-0.2, -0.15) is 0 Å². The van der Waals surface area contributed by atoms with Gasteiger partial charge in [-0.1, -0.05) is 37.5 Å². The highest BCUT2D eigenvalue weighted by molar-refractivity contribution is 5.36. The normalized spacial score (nSPS) is 21.3. The summed E-state index contributed by atoms with van der Waals surface area (Å²) < 4.78 is 0. The van der Waals surface area contributed by atoms with Crippen LogP contribution < -0.4 is 5.32 Å². The number of nitrogens with one attached hydrogen (secondary N) is 1. The van der Waals surface area contributed by atoms with Crippen molar-refractivity contribution in [3.8, 4) is 0 Å². The van der Waals surface area contributed by atoms with Gasteiger partial charge in [0.25, 0.3) is 0 Å². The number of hydrogen-bond acceptors (Lipinski definition) is 2. The number of aliphatic hydroxyl groups is 1. The van der Waals surface area contributed by atoms with Crippen LogP contribution in [0.5, 0.6) is 0 Å². The molecule has 0 heterocycles. The van der Waals surface area contributed by atoms with E-state index in [0.717, 1.165) is 5.56 Å². The number of rotatable bonds is 4. The van der Waals surface area contributed by atoms with E-state index in [4.69, 9.17) is 0 Å². The van der Waals surface area contributed by atoms with Gasteiger partial charge in [0.15, 0.2) is 0 Å². The SMILES string of the molecule is OC(CNC1CCCCC1)c1ccc2c(c1)CCC2. The lowest BCUT2D eigenvalue weighted by atomic mass is 9.95. The fourth-order valence-corrected chi connectivity index (χ4v) is 3.50. The Labute approximate surface area is 116 Å². The molecular weight excluding hydrogens is 234 g/mol. The molecule has 1 saturated carbocycles.